The fourth-order valence-electron chi connectivity index (χ4n) is 4.29. The van der Waals surface area contributed by atoms with Crippen LogP contribution in [-0.2, 0) is 16.0 Å². The highest BCUT2D eigenvalue weighted by atomic mass is 16.6. The molecule has 0 spiro atoms. The summed E-state index contributed by atoms with van der Waals surface area (Å²) >= 11 is 0. The Labute approximate surface area is 169 Å². The predicted octanol–water partition coefficient (Wildman–Crippen LogP) is 4.68. The van der Waals surface area contributed by atoms with Gasteiger partial charge in [0.15, 0.2) is 5.78 Å². The average molecular weight is 390 g/mol. The van der Waals surface area contributed by atoms with Crippen LogP contribution in [0.2, 0.25) is 0 Å². The monoisotopic (exact) mass is 390 g/mol. The van der Waals surface area contributed by atoms with Gasteiger partial charge in [-0.25, -0.2) is 0 Å². The minimum Gasteiger partial charge on any atom is -0.294 e. The molecule has 0 aromatic heterocycles. The molecule has 0 fully saturated rings. The van der Waals surface area contributed by atoms with Crippen LogP contribution in [0, 0.1) is 10.1 Å². The summed E-state index contributed by atoms with van der Waals surface area (Å²) in [6, 6.07) is 14.1. The van der Waals surface area contributed by atoms with Gasteiger partial charge >= 0.3 is 0 Å². The lowest BCUT2D eigenvalue weighted by molar-refractivity contribution is -0.384. The van der Waals surface area contributed by atoms with Crippen molar-refractivity contribution in [1.29, 1.82) is 0 Å². The first-order chi connectivity index (χ1) is 14.0. The standard InChI is InChI=1S/C23H22N2O4/c1-2-15-6-10-17(11-7-15)24-20-4-3-5-21(26)23(20)19(14-22(24)27)16-8-12-18(13-9-16)25(28)29/h6-13,19H,2-5,14H2,1H3. The van der Waals surface area contributed by atoms with E-state index in [1.165, 1.54) is 17.7 Å². The number of benzene rings is 2. The van der Waals surface area contributed by atoms with Gasteiger partial charge in [-0.2, -0.15) is 0 Å². The first kappa shape index (κ1) is 19.1. The van der Waals surface area contributed by atoms with Crippen molar-refractivity contribution in [3.8, 4) is 0 Å². The zero-order chi connectivity index (χ0) is 20.5. The number of nitrogens with zero attached hydrogens (tertiary/aromatic N) is 2. The number of carbonyl (C=O) groups is 2. The van der Waals surface area contributed by atoms with Crippen LogP contribution in [0.3, 0.4) is 0 Å². The van der Waals surface area contributed by atoms with Crippen molar-refractivity contribution in [3.63, 3.8) is 0 Å². The molecule has 29 heavy (non-hydrogen) atoms. The summed E-state index contributed by atoms with van der Waals surface area (Å²) in [4.78, 5) is 38.2. The second kappa shape index (κ2) is 7.62. The van der Waals surface area contributed by atoms with Gasteiger partial charge in [0.25, 0.3) is 5.69 Å². The topological polar surface area (TPSA) is 80.5 Å². The number of nitro benzene ring substituents is 1. The second-order valence-corrected chi connectivity index (χ2v) is 7.49. The number of hydrogen-bond acceptors (Lipinski definition) is 4. The van der Waals surface area contributed by atoms with Crippen molar-refractivity contribution in [2.75, 3.05) is 4.90 Å². The van der Waals surface area contributed by atoms with E-state index in [-0.39, 0.29) is 29.7 Å². The smallest absolute Gasteiger partial charge is 0.269 e. The number of ketones is 1. The minimum atomic E-state index is -0.450. The zero-order valence-electron chi connectivity index (χ0n) is 16.3. The van der Waals surface area contributed by atoms with Crippen molar-refractivity contribution in [2.24, 2.45) is 0 Å². The van der Waals surface area contributed by atoms with E-state index in [4.69, 9.17) is 0 Å². The molecule has 1 unspecified atom stereocenters. The SMILES string of the molecule is CCc1ccc(N2C(=O)CC(c3ccc([N+](=O)[O-])cc3)C3=C2CCCC3=O)cc1. The van der Waals surface area contributed by atoms with Crippen LogP contribution in [0.15, 0.2) is 59.8 Å². The summed E-state index contributed by atoms with van der Waals surface area (Å²) in [7, 11) is 0. The van der Waals surface area contributed by atoms with Crippen LogP contribution >= 0.6 is 0 Å². The van der Waals surface area contributed by atoms with Crippen LogP contribution in [0.1, 0.15) is 49.7 Å². The number of amides is 1. The Bertz CT molecular complexity index is 1010. The molecule has 6 heteroatoms. The molecule has 2 aliphatic rings. The highest BCUT2D eigenvalue weighted by Crippen LogP contribution is 2.43. The molecule has 1 aliphatic heterocycles. The molecule has 1 amide bonds. The van der Waals surface area contributed by atoms with Gasteiger partial charge in [0.2, 0.25) is 5.91 Å². The van der Waals surface area contributed by atoms with E-state index < -0.39 is 4.92 Å². The van der Waals surface area contributed by atoms with Crippen molar-refractivity contribution in [1.82, 2.24) is 0 Å². The summed E-state index contributed by atoms with van der Waals surface area (Å²) in [6.07, 6.45) is 2.97. The fourth-order valence-corrected chi connectivity index (χ4v) is 4.29. The Balaban J connectivity index is 1.78. The number of rotatable bonds is 4. The van der Waals surface area contributed by atoms with Crippen LogP contribution in [0.5, 0.6) is 0 Å². The van der Waals surface area contributed by atoms with E-state index in [9.17, 15) is 19.7 Å². The number of hydrogen-bond donors (Lipinski definition) is 0. The van der Waals surface area contributed by atoms with Gasteiger partial charge in [-0.15, -0.1) is 0 Å². The molecule has 0 saturated heterocycles. The molecule has 6 nitrogen and oxygen atoms in total. The third-order valence-corrected chi connectivity index (χ3v) is 5.78. The first-order valence-corrected chi connectivity index (χ1v) is 9.92. The Morgan fingerprint density at radius 2 is 1.72 bits per heavy atom. The van der Waals surface area contributed by atoms with Gasteiger partial charge in [0.1, 0.15) is 0 Å². The second-order valence-electron chi connectivity index (χ2n) is 7.49. The van der Waals surface area contributed by atoms with E-state index in [0.29, 0.717) is 18.4 Å². The Kier molecular flexibility index (Phi) is 5.01. The minimum absolute atomic E-state index is 0.00213. The molecule has 0 saturated carbocycles. The molecule has 2 aromatic rings. The molecule has 0 radical (unpaired) electrons. The van der Waals surface area contributed by atoms with Gasteiger partial charge in [-0.1, -0.05) is 31.2 Å². The maximum atomic E-state index is 13.1. The van der Waals surface area contributed by atoms with Gasteiger partial charge < -0.3 is 0 Å². The number of aryl methyl sites for hydroxylation is 1. The summed E-state index contributed by atoms with van der Waals surface area (Å²) in [5.41, 5.74) is 4.21. The highest BCUT2D eigenvalue weighted by Gasteiger charge is 2.39. The van der Waals surface area contributed by atoms with Crippen LogP contribution in [-0.4, -0.2) is 16.6 Å². The Hall–Kier alpha value is -3.28. The lowest BCUT2D eigenvalue weighted by atomic mass is 9.77. The molecule has 1 heterocycles. The lowest BCUT2D eigenvalue weighted by Crippen LogP contribution is -2.40. The third-order valence-electron chi connectivity index (χ3n) is 5.78. The van der Waals surface area contributed by atoms with Gasteiger partial charge in [-0.05, 0) is 42.5 Å². The highest BCUT2D eigenvalue weighted by molar-refractivity contribution is 6.07. The number of allylic oxidation sites excluding steroid dienone is 2. The summed E-state index contributed by atoms with van der Waals surface area (Å²) in [5, 5.41) is 10.9. The molecule has 0 bridgehead atoms. The van der Waals surface area contributed by atoms with E-state index in [2.05, 4.69) is 6.92 Å². The fraction of sp³-hybridized carbons (Fsp3) is 0.304. The molecule has 1 atom stereocenters. The largest absolute Gasteiger partial charge is 0.294 e. The summed E-state index contributed by atoms with van der Waals surface area (Å²) in [6.45, 7) is 2.08. The predicted molar refractivity (Wildman–Crippen MR) is 110 cm³/mol. The molecule has 4 rings (SSSR count). The number of carbonyl (C=O) groups excluding carboxylic acids is 2. The molecular formula is C23H22N2O4. The van der Waals surface area contributed by atoms with Crippen molar-refractivity contribution in [3.05, 3.63) is 81.0 Å². The Morgan fingerprint density at radius 3 is 2.34 bits per heavy atom. The van der Waals surface area contributed by atoms with E-state index in [1.54, 1.807) is 17.0 Å². The Morgan fingerprint density at radius 1 is 1.03 bits per heavy atom. The summed E-state index contributed by atoms with van der Waals surface area (Å²) in [5.74, 6) is -0.333. The van der Waals surface area contributed by atoms with E-state index in [0.717, 1.165) is 29.8 Å². The number of non-ortho nitro benzene ring substituents is 1. The summed E-state index contributed by atoms with van der Waals surface area (Å²) < 4.78 is 0. The van der Waals surface area contributed by atoms with Crippen molar-refractivity contribution >= 4 is 23.1 Å². The van der Waals surface area contributed by atoms with Crippen LogP contribution < -0.4 is 4.90 Å². The van der Waals surface area contributed by atoms with Crippen molar-refractivity contribution < 1.29 is 14.5 Å². The van der Waals surface area contributed by atoms with E-state index >= 15 is 0 Å². The van der Waals surface area contributed by atoms with Gasteiger partial charge in [-0.3, -0.25) is 24.6 Å². The van der Waals surface area contributed by atoms with Crippen LogP contribution in [0.4, 0.5) is 11.4 Å². The number of nitro groups is 1. The maximum Gasteiger partial charge on any atom is 0.269 e. The van der Waals surface area contributed by atoms with Gasteiger partial charge in [0.05, 0.1) is 4.92 Å². The molecule has 148 valence electrons. The first-order valence-electron chi connectivity index (χ1n) is 9.92. The number of anilines is 1. The number of Topliss-reactive ketones (excluding diaryl/α,β-unsaturated/α-hetero) is 1. The molecule has 0 N–H and O–H groups in total. The maximum absolute atomic E-state index is 13.1. The van der Waals surface area contributed by atoms with Crippen LogP contribution in [0.25, 0.3) is 0 Å². The third kappa shape index (κ3) is 3.46. The zero-order valence-corrected chi connectivity index (χ0v) is 16.3. The van der Waals surface area contributed by atoms with E-state index in [1.807, 2.05) is 24.3 Å². The van der Waals surface area contributed by atoms with Gasteiger partial charge in [0, 0.05) is 47.8 Å². The van der Waals surface area contributed by atoms with Crippen molar-refractivity contribution in [2.45, 2.75) is 44.9 Å². The lowest BCUT2D eigenvalue weighted by Gasteiger charge is -2.38. The molecule has 1 aliphatic carbocycles. The molecule has 2 aromatic carbocycles. The normalized spacial score (nSPS) is 19.3. The quantitative estimate of drug-likeness (QED) is 0.560. The molecular weight excluding hydrogens is 368 g/mol. The average Bonchev–Trinajstić information content (AvgIpc) is 2.73.